The Bertz CT molecular complexity index is 153. The van der Waals surface area contributed by atoms with Gasteiger partial charge >= 0.3 is 0 Å². The molecule has 0 aromatic heterocycles. The third kappa shape index (κ3) is 4.11. The second kappa shape index (κ2) is 6.85. The molecule has 0 bridgehead atoms. The molecule has 1 saturated carbocycles. The van der Waals surface area contributed by atoms with Gasteiger partial charge in [-0.1, -0.05) is 6.58 Å². The van der Waals surface area contributed by atoms with Crippen molar-refractivity contribution in [3.63, 3.8) is 0 Å². The van der Waals surface area contributed by atoms with E-state index in [4.69, 9.17) is 15.2 Å². The highest BCUT2D eigenvalue weighted by Crippen LogP contribution is 2.25. The van der Waals surface area contributed by atoms with Crippen LogP contribution in [0.15, 0.2) is 12.8 Å². The summed E-state index contributed by atoms with van der Waals surface area (Å²) < 4.78 is 10.6. The summed E-state index contributed by atoms with van der Waals surface area (Å²) in [6, 6.07) is 0. The van der Waals surface area contributed by atoms with E-state index < -0.39 is 0 Å². The molecule has 0 heterocycles. The van der Waals surface area contributed by atoms with E-state index in [1.54, 1.807) is 0 Å². The van der Waals surface area contributed by atoms with Crippen LogP contribution in [-0.2, 0) is 9.47 Å². The first-order chi connectivity index (χ1) is 6.86. The van der Waals surface area contributed by atoms with E-state index in [-0.39, 0.29) is 0 Å². The van der Waals surface area contributed by atoms with Crippen LogP contribution in [0.2, 0.25) is 0 Å². The van der Waals surface area contributed by atoms with Gasteiger partial charge in [-0.2, -0.15) is 0 Å². The smallest absolute Gasteiger partial charge is 0.111 e. The van der Waals surface area contributed by atoms with Crippen molar-refractivity contribution >= 4 is 0 Å². The van der Waals surface area contributed by atoms with E-state index in [0.29, 0.717) is 19.3 Å². The van der Waals surface area contributed by atoms with Crippen LogP contribution < -0.4 is 5.73 Å². The fourth-order valence-corrected chi connectivity index (χ4v) is 1.88. The Hall–Kier alpha value is -0.540. The number of ether oxygens (including phenoxy) is 2. The van der Waals surface area contributed by atoms with Crippen molar-refractivity contribution in [3.05, 3.63) is 12.8 Å². The molecular formula is C11H21NO2. The minimum atomic E-state index is 0.422. The maximum Gasteiger partial charge on any atom is 0.111 e. The van der Waals surface area contributed by atoms with Gasteiger partial charge in [-0.15, -0.1) is 0 Å². The number of hydrogen-bond acceptors (Lipinski definition) is 3. The quantitative estimate of drug-likeness (QED) is 0.523. The Balaban J connectivity index is 2.01. The highest BCUT2D eigenvalue weighted by atomic mass is 16.5. The molecule has 14 heavy (non-hydrogen) atoms. The molecule has 1 rings (SSSR count). The molecule has 0 radical (unpaired) electrons. The van der Waals surface area contributed by atoms with Gasteiger partial charge in [0.2, 0.25) is 0 Å². The van der Waals surface area contributed by atoms with Gasteiger partial charge in [0, 0.05) is 0 Å². The Morgan fingerprint density at radius 2 is 1.93 bits per heavy atom. The van der Waals surface area contributed by atoms with Gasteiger partial charge in [0.1, 0.15) is 6.61 Å². The molecule has 0 atom stereocenters. The van der Waals surface area contributed by atoms with Crippen molar-refractivity contribution in [3.8, 4) is 0 Å². The fraction of sp³-hybridized carbons (Fsp3) is 0.818. The Morgan fingerprint density at radius 1 is 1.21 bits per heavy atom. The zero-order valence-electron chi connectivity index (χ0n) is 8.78. The van der Waals surface area contributed by atoms with Crippen molar-refractivity contribution in [1.82, 2.24) is 0 Å². The van der Waals surface area contributed by atoms with Crippen molar-refractivity contribution in [2.75, 3.05) is 19.8 Å². The molecule has 3 nitrogen and oxygen atoms in total. The van der Waals surface area contributed by atoms with Crippen LogP contribution in [0.25, 0.3) is 0 Å². The van der Waals surface area contributed by atoms with E-state index in [9.17, 15) is 0 Å². The third-order valence-electron chi connectivity index (χ3n) is 2.80. The lowest BCUT2D eigenvalue weighted by Gasteiger charge is -2.27. The maximum absolute atomic E-state index is 5.66. The first-order valence-electron chi connectivity index (χ1n) is 5.41. The van der Waals surface area contributed by atoms with Gasteiger partial charge in [-0.25, -0.2) is 0 Å². The lowest BCUT2D eigenvalue weighted by atomic mass is 9.87. The molecule has 3 heteroatoms. The predicted octanol–water partition coefficient (Wildman–Crippen LogP) is 1.68. The molecule has 0 aromatic carbocycles. The lowest BCUT2D eigenvalue weighted by Crippen LogP contribution is -2.26. The Kier molecular flexibility index (Phi) is 5.64. The van der Waals surface area contributed by atoms with Crippen LogP contribution in [0.4, 0.5) is 0 Å². The van der Waals surface area contributed by atoms with Crippen LogP contribution >= 0.6 is 0 Å². The van der Waals surface area contributed by atoms with Crippen molar-refractivity contribution in [2.45, 2.75) is 31.8 Å². The topological polar surface area (TPSA) is 44.5 Å². The van der Waals surface area contributed by atoms with E-state index in [1.807, 2.05) is 0 Å². The van der Waals surface area contributed by atoms with E-state index in [2.05, 4.69) is 6.58 Å². The minimum absolute atomic E-state index is 0.422. The largest absolute Gasteiger partial charge is 0.499 e. The van der Waals surface area contributed by atoms with E-state index in [1.165, 1.54) is 19.1 Å². The van der Waals surface area contributed by atoms with Gasteiger partial charge in [0.05, 0.1) is 19.0 Å². The number of nitrogens with two attached hydrogens (primary N) is 1. The summed E-state index contributed by atoms with van der Waals surface area (Å²) in [6.07, 6.45) is 6.60. The first kappa shape index (κ1) is 11.5. The average Bonchev–Trinajstić information content (AvgIpc) is 2.25. The molecule has 0 spiro atoms. The molecule has 2 N–H and O–H groups in total. The summed E-state index contributed by atoms with van der Waals surface area (Å²) in [5.74, 6) is 0.722. The van der Waals surface area contributed by atoms with Crippen molar-refractivity contribution in [1.29, 1.82) is 0 Å². The maximum atomic E-state index is 5.66. The predicted molar refractivity (Wildman–Crippen MR) is 56.9 cm³/mol. The van der Waals surface area contributed by atoms with Crippen molar-refractivity contribution in [2.24, 2.45) is 11.7 Å². The lowest BCUT2D eigenvalue weighted by molar-refractivity contribution is -0.00117. The zero-order valence-corrected chi connectivity index (χ0v) is 8.78. The Morgan fingerprint density at radius 3 is 2.50 bits per heavy atom. The van der Waals surface area contributed by atoms with Gasteiger partial charge in [0.15, 0.2) is 0 Å². The van der Waals surface area contributed by atoms with Crippen LogP contribution in [-0.4, -0.2) is 25.9 Å². The highest BCUT2D eigenvalue weighted by Gasteiger charge is 2.20. The van der Waals surface area contributed by atoms with Gasteiger partial charge < -0.3 is 15.2 Å². The molecule has 0 saturated heterocycles. The van der Waals surface area contributed by atoms with Crippen LogP contribution in [0.5, 0.6) is 0 Å². The highest BCUT2D eigenvalue weighted by molar-refractivity contribution is 4.73. The third-order valence-corrected chi connectivity index (χ3v) is 2.80. The van der Waals surface area contributed by atoms with E-state index >= 15 is 0 Å². The summed E-state index contributed by atoms with van der Waals surface area (Å²) in [5.41, 5.74) is 5.62. The normalized spacial score (nSPS) is 27.2. The second-order valence-corrected chi connectivity index (χ2v) is 3.79. The molecule has 0 unspecified atom stereocenters. The second-order valence-electron chi connectivity index (χ2n) is 3.79. The van der Waals surface area contributed by atoms with Crippen LogP contribution in [0.3, 0.4) is 0 Å². The molecule has 1 aliphatic rings. The van der Waals surface area contributed by atoms with Gasteiger partial charge in [-0.05, 0) is 38.1 Å². The van der Waals surface area contributed by atoms with Gasteiger partial charge in [0.25, 0.3) is 0 Å². The molecule has 1 fully saturated rings. The van der Waals surface area contributed by atoms with Crippen LogP contribution in [0, 0.1) is 5.92 Å². The average molecular weight is 199 g/mol. The van der Waals surface area contributed by atoms with Crippen LogP contribution in [0.1, 0.15) is 25.7 Å². The fourth-order valence-electron chi connectivity index (χ4n) is 1.88. The Labute approximate surface area is 86.3 Å². The molecule has 0 amide bonds. The van der Waals surface area contributed by atoms with Gasteiger partial charge in [-0.3, -0.25) is 0 Å². The monoisotopic (exact) mass is 199 g/mol. The summed E-state index contributed by atoms with van der Waals surface area (Å²) >= 11 is 0. The number of hydrogen-bond donors (Lipinski definition) is 1. The van der Waals surface area contributed by atoms with E-state index in [0.717, 1.165) is 25.3 Å². The minimum Gasteiger partial charge on any atom is -0.499 e. The summed E-state index contributed by atoms with van der Waals surface area (Å²) in [4.78, 5) is 0. The SMILES string of the molecule is C=COCCOC1CCC(CN)CC1. The summed E-state index contributed by atoms with van der Waals surface area (Å²) in [6.45, 7) is 5.58. The summed E-state index contributed by atoms with van der Waals surface area (Å²) in [7, 11) is 0. The van der Waals surface area contributed by atoms with Crippen molar-refractivity contribution < 1.29 is 9.47 Å². The molecule has 1 aliphatic carbocycles. The molecular weight excluding hydrogens is 178 g/mol. The molecule has 0 aromatic rings. The summed E-state index contributed by atoms with van der Waals surface area (Å²) in [5, 5.41) is 0. The molecule has 0 aliphatic heterocycles. The molecule has 82 valence electrons. The first-order valence-corrected chi connectivity index (χ1v) is 5.41. The standard InChI is InChI=1S/C11H21NO2/c1-2-13-7-8-14-11-5-3-10(9-12)4-6-11/h2,10-11H,1,3-9,12H2. The number of rotatable bonds is 6. The zero-order chi connectivity index (χ0) is 10.2.